The molecule has 0 aliphatic heterocycles. The monoisotopic (exact) mass is 221 g/mol. The molecule has 1 rings (SSSR count). The molecule has 0 radical (unpaired) electrons. The van der Waals surface area contributed by atoms with Crippen molar-refractivity contribution in [2.75, 3.05) is 0 Å². The van der Waals surface area contributed by atoms with Gasteiger partial charge in [0, 0.05) is 0 Å². The molecule has 0 N–H and O–H groups in total. The highest BCUT2D eigenvalue weighted by Gasteiger charge is 1.96. The number of hydrogen-bond donors (Lipinski definition) is 0. The quantitative estimate of drug-likeness (QED) is 0.668. The summed E-state index contributed by atoms with van der Waals surface area (Å²) in [5.41, 5.74) is 2.88. The van der Waals surface area contributed by atoms with Crippen molar-refractivity contribution in [3.63, 3.8) is 0 Å². The molecule has 0 saturated heterocycles. The number of aryl methyl sites for hydroxylation is 1. The van der Waals surface area contributed by atoms with E-state index < -0.39 is 0 Å². The van der Waals surface area contributed by atoms with Gasteiger partial charge in [0.2, 0.25) is 0 Å². The van der Waals surface area contributed by atoms with Gasteiger partial charge in [-0.2, -0.15) is 0 Å². The average molecular weight is 221 g/mol. The Morgan fingerprint density at radius 3 is 2.44 bits per heavy atom. The van der Waals surface area contributed by atoms with E-state index in [4.69, 9.17) is 0 Å². The number of halogens is 1. The molecule has 1 nitrogen and oxygen atoms in total. The minimum atomic E-state index is -0.290. The zero-order chi connectivity index (χ0) is 12.6. The zero-order valence-electron chi connectivity index (χ0n) is 10.7. The van der Waals surface area contributed by atoms with Gasteiger partial charge in [0.1, 0.15) is 5.82 Å². The third-order valence-electron chi connectivity index (χ3n) is 1.77. The molecule has 16 heavy (non-hydrogen) atoms. The van der Waals surface area contributed by atoms with Crippen molar-refractivity contribution in [1.29, 1.82) is 0 Å². The van der Waals surface area contributed by atoms with Crippen molar-refractivity contribution >= 4 is 6.08 Å². The lowest BCUT2D eigenvalue weighted by atomic mass is 10.2. The van der Waals surface area contributed by atoms with Crippen LogP contribution in [0.2, 0.25) is 0 Å². The molecule has 2 heteroatoms. The van der Waals surface area contributed by atoms with Crippen molar-refractivity contribution in [2.24, 2.45) is 0 Å². The van der Waals surface area contributed by atoms with Gasteiger partial charge in [0.25, 0.3) is 0 Å². The largest absolute Gasteiger partial charge is 0.254 e. The number of aromatic nitrogens is 1. The Labute approximate surface area is 97.7 Å². The van der Waals surface area contributed by atoms with E-state index in [0.717, 1.165) is 11.3 Å². The second kappa shape index (κ2) is 7.80. The fraction of sp³-hybridized carbons (Fsp3) is 0.357. The van der Waals surface area contributed by atoms with Crippen LogP contribution in [0, 0.1) is 12.7 Å². The van der Waals surface area contributed by atoms with Gasteiger partial charge in [-0.25, -0.2) is 4.39 Å². The summed E-state index contributed by atoms with van der Waals surface area (Å²) in [6.45, 7) is 9.89. The molecule has 1 aromatic rings. The van der Waals surface area contributed by atoms with E-state index in [-0.39, 0.29) is 5.82 Å². The van der Waals surface area contributed by atoms with Gasteiger partial charge in [-0.15, -0.1) is 0 Å². The number of hydrogen-bond acceptors (Lipinski definition) is 1. The van der Waals surface area contributed by atoms with Crippen LogP contribution in [0.5, 0.6) is 0 Å². The summed E-state index contributed by atoms with van der Waals surface area (Å²) in [5, 5.41) is 0. The van der Waals surface area contributed by atoms with Crippen molar-refractivity contribution in [2.45, 2.75) is 34.6 Å². The second-order valence-corrected chi connectivity index (χ2v) is 3.46. The van der Waals surface area contributed by atoms with E-state index in [0.29, 0.717) is 0 Å². The van der Waals surface area contributed by atoms with E-state index in [9.17, 15) is 4.39 Å². The van der Waals surface area contributed by atoms with Crippen LogP contribution in [0.15, 0.2) is 30.0 Å². The molecular weight excluding hydrogens is 201 g/mol. The molecule has 0 amide bonds. The SMILES string of the molecule is CC.CC(C)=C/C=C\c1ncc(F)cc1C. The van der Waals surface area contributed by atoms with Crippen molar-refractivity contribution in [3.8, 4) is 0 Å². The molecule has 0 saturated carbocycles. The molecule has 0 atom stereocenters. The second-order valence-electron chi connectivity index (χ2n) is 3.46. The molecule has 0 unspecified atom stereocenters. The molecule has 1 heterocycles. The molecule has 1 aromatic heterocycles. The van der Waals surface area contributed by atoms with Crippen LogP contribution >= 0.6 is 0 Å². The standard InChI is InChI=1S/C12H14FN.C2H6/c1-9(2)5-4-6-12-10(3)7-11(13)8-14-12;1-2/h4-8H,1-3H3;1-2H3/b6-4-;. The average Bonchev–Trinajstić information content (AvgIpc) is 2.24. The first-order chi connectivity index (χ1) is 7.59. The maximum absolute atomic E-state index is 12.7. The van der Waals surface area contributed by atoms with Crippen LogP contribution in [0.25, 0.3) is 6.08 Å². The highest BCUT2D eigenvalue weighted by atomic mass is 19.1. The van der Waals surface area contributed by atoms with E-state index in [1.54, 1.807) is 0 Å². The zero-order valence-corrected chi connectivity index (χ0v) is 10.7. The van der Waals surface area contributed by atoms with Gasteiger partial charge < -0.3 is 0 Å². The molecule has 0 bridgehead atoms. The normalized spacial score (nSPS) is 9.62. The first kappa shape index (κ1) is 14.6. The van der Waals surface area contributed by atoms with Crippen LogP contribution < -0.4 is 0 Å². The Morgan fingerprint density at radius 2 is 1.94 bits per heavy atom. The fourth-order valence-corrected chi connectivity index (χ4v) is 1.06. The molecule has 0 fully saturated rings. The Morgan fingerprint density at radius 1 is 1.31 bits per heavy atom. The first-order valence-electron chi connectivity index (χ1n) is 5.53. The molecule has 0 aromatic carbocycles. The third-order valence-corrected chi connectivity index (χ3v) is 1.77. The summed E-state index contributed by atoms with van der Waals surface area (Å²) in [4.78, 5) is 3.98. The number of pyridine rings is 1. The van der Waals surface area contributed by atoms with Gasteiger partial charge in [-0.3, -0.25) is 4.98 Å². The van der Waals surface area contributed by atoms with Gasteiger partial charge in [-0.05, 0) is 38.5 Å². The van der Waals surface area contributed by atoms with Crippen LogP contribution in [0.3, 0.4) is 0 Å². The molecule has 0 aliphatic rings. The maximum atomic E-state index is 12.7. The van der Waals surface area contributed by atoms with E-state index >= 15 is 0 Å². The van der Waals surface area contributed by atoms with Crippen molar-refractivity contribution in [3.05, 3.63) is 47.1 Å². The van der Waals surface area contributed by atoms with E-state index in [1.165, 1.54) is 17.8 Å². The van der Waals surface area contributed by atoms with Crippen LogP contribution in [-0.4, -0.2) is 4.98 Å². The number of allylic oxidation sites excluding steroid dienone is 3. The summed E-state index contributed by atoms with van der Waals surface area (Å²) in [6, 6.07) is 1.48. The topological polar surface area (TPSA) is 12.9 Å². The predicted octanol–water partition coefficient (Wildman–Crippen LogP) is 4.53. The summed E-state index contributed by atoms with van der Waals surface area (Å²) in [6.07, 6.45) is 7.02. The first-order valence-corrected chi connectivity index (χ1v) is 5.53. The number of rotatable bonds is 2. The van der Waals surface area contributed by atoms with Crippen molar-refractivity contribution < 1.29 is 4.39 Å². The van der Waals surface area contributed by atoms with Crippen LogP contribution in [-0.2, 0) is 0 Å². The third kappa shape index (κ3) is 5.44. The maximum Gasteiger partial charge on any atom is 0.141 e. The molecule has 0 spiro atoms. The predicted molar refractivity (Wildman–Crippen MR) is 68.7 cm³/mol. The van der Waals surface area contributed by atoms with E-state index in [1.807, 2.05) is 52.8 Å². The van der Waals surface area contributed by atoms with Gasteiger partial charge >= 0.3 is 0 Å². The molecule has 88 valence electrons. The Hall–Kier alpha value is -1.44. The van der Waals surface area contributed by atoms with Crippen LogP contribution in [0.1, 0.15) is 39.0 Å². The minimum Gasteiger partial charge on any atom is -0.254 e. The van der Waals surface area contributed by atoms with Crippen LogP contribution in [0.4, 0.5) is 4.39 Å². The highest BCUT2D eigenvalue weighted by molar-refractivity contribution is 5.50. The lowest BCUT2D eigenvalue weighted by molar-refractivity contribution is 0.619. The van der Waals surface area contributed by atoms with Gasteiger partial charge in [0.05, 0.1) is 11.9 Å². The summed E-state index contributed by atoms with van der Waals surface area (Å²) >= 11 is 0. The fourth-order valence-electron chi connectivity index (χ4n) is 1.06. The van der Waals surface area contributed by atoms with Crippen molar-refractivity contribution in [1.82, 2.24) is 4.98 Å². The van der Waals surface area contributed by atoms with Gasteiger partial charge in [-0.1, -0.05) is 31.6 Å². The lowest BCUT2D eigenvalue weighted by Crippen LogP contribution is -1.87. The summed E-state index contributed by atoms with van der Waals surface area (Å²) in [7, 11) is 0. The summed E-state index contributed by atoms with van der Waals surface area (Å²) in [5.74, 6) is -0.290. The molecular formula is C14H20FN. The lowest BCUT2D eigenvalue weighted by Gasteiger charge is -1.97. The Kier molecular flexibility index (Phi) is 7.10. The Balaban J connectivity index is 0.00000106. The molecule has 0 aliphatic carbocycles. The minimum absolute atomic E-state index is 0.290. The van der Waals surface area contributed by atoms with Gasteiger partial charge in [0.15, 0.2) is 0 Å². The smallest absolute Gasteiger partial charge is 0.141 e. The highest BCUT2D eigenvalue weighted by Crippen LogP contribution is 2.08. The van der Waals surface area contributed by atoms with E-state index in [2.05, 4.69) is 4.98 Å². The Bertz CT molecular complexity index is 374. The summed E-state index contributed by atoms with van der Waals surface area (Å²) < 4.78 is 12.7. The number of nitrogens with zero attached hydrogens (tertiary/aromatic N) is 1.